The number of fused-ring (bicyclic) bond motifs is 1. The van der Waals surface area contributed by atoms with Crippen LogP contribution >= 0.6 is 24.8 Å². The maximum atomic E-state index is 13.1. The third-order valence-electron chi connectivity index (χ3n) is 6.24. The first-order valence-electron chi connectivity index (χ1n) is 10.4. The van der Waals surface area contributed by atoms with Gasteiger partial charge < -0.3 is 9.64 Å². The van der Waals surface area contributed by atoms with Crippen LogP contribution in [-0.2, 0) is 17.6 Å². The molecule has 0 aliphatic carbocycles. The number of anilines is 1. The summed E-state index contributed by atoms with van der Waals surface area (Å²) in [7, 11) is 1.73. The molecule has 2 aromatic carbocycles. The second kappa shape index (κ2) is 11.3. The van der Waals surface area contributed by atoms with Crippen molar-refractivity contribution in [1.29, 1.82) is 0 Å². The van der Waals surface area contributed by atoms with E-state index in [0.29, 0.717) is 24.8 Å². The van der Waals surface area contributed by atoms with E-state index in [4.69, 9.17) is 10.6 Å². The van der Waals surface area contributed by atoms with Crippen LogP contribution in [0.1, 0.15) is 42.0 Å². The average molecular weight is 488 g/mol. The molecule has 32 heavy (non-hydrogen) atoms. The summed E-state index contributed by atoms with van der Waals surface area (Å²) in [6.07, 6.45) is 3.33. The third-order valence-corrected chi connectivity index (χ3v) is 6.24. The van der Waals surface area contributed by atoms with Gasteiger partial charge in [0.25, 0.3) is 0 Å². The fourth-order valence-corrected chi connectivity index (χ4v) is 4.79. The quantitative estimate of drug-likeness (QED) is 0.608. The Bertz CT molecular complexity index is 918. The monoisotopic (exact) mass is 487 g/mol. The molecular weight excluding hydrogens is 459 g/mol. The maximum Gasteiger partial charge on any atom is 0.387 e. The first-order chi connectivity index (χ1) is 14.4. The minimum absolute atomic E-state index is 0. The smallest absolute Gasteiger partial charge is 0.387 e. The molecule has 2 heterocycles. The van der Waals surface area contributed by atoms with Gasteiger partial charge in [-0.2, -0.15) is 8.78 Å². The molecule has 0 spiro atoms. The molecule has 0 aromatic heterocycles. The van der Waals surface area contributed by atoms with Crippen molar-refractivity contribution in [3.8, 4) is 5.75 Å². The summed E-state index contributed by atoms with van der Waals surface area (Å²) in [5.74, 6) is 6.73. The van der Waals surface area contributed by atoms with Crippen LogP contribution in [0.2, 0.25) is 0 Å². The van der Waals surface area contributed by atoms with Crippen LogP contribution in [0.4, 0.5) is 14.5 Å². The lowest BCUT2D eigenvalue weighted by Gasteiger charge is -2.39. The van der Waals surface area contributed by atoms with Gasteiger partial charge in [0.1, 0.15) is 5.75 Å². The molecule has 0 saturated carbocycles. The number of nitrogens with two attached hydrogens (primary N) is 1. The van der Waals surface area contributed by atoms with E-state index in [-0.39, 0.29) is 48.4 Å². The van der Waals surface area contributed by atoms with Crippen molar-refractivity contribution in [1.82, 2.24) is 5.01 Å². The van der Waals surface area contributed by atoms with Crippen molar-refractivity contribution < 1.29 is 18.3 Å². The van der Waals surface area contributed by atoms with Gasteiger partial charge in [-0.05, 0) is 60.4 Å². The summed E-state index contributed by atoms with van der Waals surface area (Å²) in [5, 5.41) is 1.85. The minimum Gasteiger partial charge on any atom is -0.435 e. The Morgan fingerprint density at radius 3 is 2.56 bits per heavy atom. The average Bonchev–Trinajstić information content (AvgIpc) is 2.72. The normalized spacial score (nSPS) is 20.9. The number of halogens is 4. The Morgan fingerprint density at radius 2 is 1.88 bits per heavy atom. The van der Waals surface area contributed by atoms with Crippen molar-refractivity contribution in [2.24, 2.45) is 11.8 Å². The van der Waals surface area contributed by atoms with Gasteiger partial charge in [-0.3, -0.25) is 10.6 Å². The standard InChI is InChI=1S/C23H27F2N3O2.2ClH/c1-27-19-13-18(20(30-23(24)25)14-16(19)9-10-21(27)29)12-17-8-5-11-28(26)22(17)15-6-3-2-4-7-15;;/h2-4,6-7,13-14,17,22-23H,5,8-12,26H2,1H3;2*1H/t17-,22+;;/m0../s1. The Kier molecular flexibility index (Phi) is 9.28. The van der Waals surface area contributed by atoms with Crippen molar-refractivity contribution in [2.45, 2.75) is 44.8 Å². The summed E-state index contributed by atoms with van der Waals surface area (Å²) >= 11 is 0. The Hall–Kier alpha value is -1.93. The number of carbonyl (C=O) groups is 1. The number of piperidine rings is 1. The highest BCUT2D eigenvalue weighted by atomic mass is 35.5. The zero-order valence-corrected chi connectivity index (χ0v) is 19.5. The number of ether oxygens (including phenoxy) is 1. The van der Waals surface area contributed by atoms with Crippen molar-refractivity contribution in [3.05, 3.63) is 59.2 Å². The molecule has 1 saturated heterocycles. The van der Waals surface area contributed by atoms with Gasteiger partial charge >= 0.3 is 6.61 Å². The van der Waals surface area contributed by atoms with E-state index in [0.717, 1.165) is 36.2 Å². The molecule has 0 radical (unpaired) electrons. The third kappa shape index (κ3) is 5.52. The molecule has 2 aliphatic heterocycles. The molecule has 1 fully saturated rings. The molecule has 4 rings (SSSR count). The van der Waals surface area contributed by atoms with E-state index in [2.05, 4.69) is 12.1 Å². The summed E-state index contributed by atoms with van der Waals surface area (Å²) in [5.41, 5.74) is 3.45. The highest BCUT2D eigenvalue weighted by molar-refractivity contribution is 5.96. The number of hydrazine groups is 1. The number of amides is 1. The highest BCUT2D eigenvalue weighted by Crippen LogP contribution is 2.40. The number of hydrogen-bond donors (Lipinski definition) is 1. The Balaban J connectivity index is 0.00000181. The predicted octanol–water partition coefficient (Wildman–Crippen LogP) is 4.91. The number of alkyl halides is 2. The van der Waals surface area contributed by atoms with E-state index < -0.39 is 6.61 Å². The molecule has 5 nitrogen and oxygen atoms in total. The van der Waals surface area contributed by atoms with E-state index in [1.807, 2.05) is 29.3 Å². The van der Waals surface area contributed by atoms with Gasteiger partial charge in [0.05, 0.1) is 6.04 Å². The molecule has 1 amide bonds. The zero-order valence-electron chi connectivity index (χ0n) is 17.9. The number of rotatable bonds is 5. The SMILES string of the molecule is CN1C(=O)CCc2cc(OC(F)F)c(C[C@@H]3CCCN(N)[C@@H]3c3ccccc3)cc21.Cl.Cl. The Labute approximate surface area is 199 Å². The Morgan fingerprint density at radius 1 is 1.16 bits per heavy atom. The van der Waals surface area contributed by atoms with Gasteiger partial charge in [-0.25, -0.2) is 5.01 Å². The zero-order chi connectivity index (χ0) is 21.3. The fraction of sp³-hybridized carbons (Fsp3) is 0.435. The van der Waals surface area contributed by atoms with E-state index in [1.165, 1.54) is 0 Å². The lowest BCUT2D eigenvalue weighted by molar-refractivity contribution is -0.118. The molecule has 2 aliphatic rings. The molecule has 2 aromatic rings. The van der Waals surface area contributed by atoms with Crippen molar-refractivity contribution in [3.63, 3.8) is 0 Å². The molecule has 2 atom stereocenters. The maximum absolute atomic E-state index is 13.1. The van der Waals surface area contributed by atoms with Crippen LogP contribution in [0.25, 0.3) is 0 Å². The molecule has 0 bridgehead atoms. The van der Waals surface area contributed by atoms with Crippen LogP contribution < -0.4 is 15.5 Å². The summed E-state index contributed by atoms with van der Waals surface area (Å²) in [4.78, 5) is 13.8. The van der Waals surface area contributed by atoms with E-state index in [9.17, 15) is 13.6 Å². The lowest BCUT2D eigenvalue weighted by Crippen LogP contribution is -2.44. The summed E-state index contributed by atoms with van der Waals surface area (Å²) in [6, 6.07) is 13.6. The van der Waals surface area contributed by atoms with Crippen LogP contribution in [-0.4, -0.2) is 31.1 Å². The first-order valence-corrected chi connectivity index (χ1v) is 10.4. The van der Waals surface area contributed by atoms with E-state index >= 15 is 0 Å². The number of nitrogens with zero attached hydrogens (tertiary/aromatic N) is 2. The van der Waals surface area contributed by atoms with Crippen molar-refractivity contribution in [2.75, 3.05) is 18.5 Å². The van der Waals surface area contributed by atoms with Crippen LogP contribution in [0, 0.1) is 5.92 Å². The van der Waals surface area contributed by atoms with Crippen molar-refractivity contribution >= 4 is 36.4 Å². The number of carbonyl (C=O) groups excluding carboxylic acids is 1. The minimum atomic E-state index is -2.90. The largest absolute Gasteiger partial charge is 0.435 e. The fourth-order valence-electron chi connectivity index (χ4n) is 4.79. The van der Waals surface area contributed by atoms with E-state index in [1.54, 1.807) is 18.0 Å². The van der Waals surface area contributed by atoms with Crippen LogP contribution in [0.5, 0.6) is 5.75 Å². The van der Waals surface area contributed by atoms with Gasteiger partial charge in [-0.15, -0.1) is 24.8 Å². The second-order valence-corrected chi connectivity index (χ2v) is 8.12. The number of hydrogen-bond acceptors (Lipinski definition) is 4. The van der Waals surface area contributed by atoms with Crippen LogP contribution in [0.15, 0.2) is 42.5 Å². The molecule has 2 N–H and O–H groups in total. The van der Waals surface area contributed by atoms with Gasteiger partial charge in [0, 0.05) is 25.7 Å². The predicted molar refractivity (Wildman–Crippen MR) is 126 cm³/mol. The molecule has 0 unspecified atom stereocenters. The van der Waals surface area contributed by atoms with Gasteiger partial charge in [0.2, 0.25) is 5.91 Å². The molecule has 176 valence electrons. The number of benzene rings is 2. The summed E-state index contributed by atoms with van der Waals surface area (Å²) < 4.78 is 31.2. The number of aryl methyl sites for hydroxylation is 1. The topological polar surface area (TPSA) is 58.8 Å². The molecule has 9 heteroatoms. The lowest BCUT2D eigenvalue weighted by atomic mass is 9.81. The molecular formula is C23H29Cl2F2N3O2. The summed E-state index contributed by atoms with van der Waals surface area (Å²) in [6.45, 7) is -2.11. The highest BCUT2D eigenvalue weighted by Gasteiger charge is 2.33. The van der Waals surface area contributed by atoms with Gasteiger partial charge in [-0.1, -0.05) is 30.3 Å². The first kappa shape index (κ1) is 26.3. The van der Waals surface area contributed by atoms with Gasteiger partial charge in [0.15, 0.2) is 0 Å². The second-order valence-electron chi connectivity index (χ2n) is 8.12. The van der Waals surface area contributed by atoms with Crippen LogP contribution in [0.3, 0.4) is 0 Å².